The molecule has 0 saturated carbocycles. The second-order valence-corrected chi connectivity index (χ2v) is 5.40. The molecule has 100 valence electrons. The predicted molar refractivity (Wildman–Crippen MR) is 73.3 cm³/mol. The van der Waals surface area contributed by atoms with Crippen LogP contribution in [0.1, 0.15) is 18.4 Å². The molecule has 0 radical (unpaired) electrons. The molecule has 1 aromatic rings. The van der Waals surface area contributed by atoms with Crippen LogP contribution in [0.5, 0.6) is 0 Å². The molecule has 0 spiro atoms. The largest absolute Gasteiger partial charge is 0.319 e. The van der Waals surface area contributed by atoms with Crippen molar-refractivity contribution in [1.82, 2.24) is 10.2 Å². The van der Waals surface area contributed by atoms with Gasteiger partial charge in [-0.3, -0.25) is 4.90 Å². The number of rotatable bonds is 4. The van der Waals surface area contributed by atoms with Crippen molar-refractivity contribution >= 4 is 11.6 Å². The minimum Gasteiger partial charge on any atom is -0.319 e. The molecule has 0 amide bonds. The van der Waals surface area contributed by atoms with E-state index in [9.17, 15) is 4.39 Å². The van der Waals surface area contributed by atoms with Crippen molar-refractivity contribution in [3.63, 3.8) is 0 Å². The van der Waals surface area contributed by atoms with Gasteiger partial charge in [0, 0.05) is 12.1 Å². The van der Waals surface area contributed by atoms with E-state index in [4.69, 9.17) is 11.6 Å². The lowest BCUT2D eigenvalue weighted by Crippen LogP contribution is -2.36. The van der Waals surface area contributed by atoms with Gasteiger partial charge >= 0.3 is 0 Å². The van der Waals surface area contributed by atoms with Gasteiger partial charge < -0.3 is 5.32 Å². The van der Waals surface area contributed by atoms with Crippen LogP contribution >= 0.6 is 11.6 Å². The molecule has 0 unspecified atom stereocenters. The van der Waals surface area contributed by atoms with Gasteiger partial charge in [-0.05, 0) is 51.5 Å². The highest BCUT2D eigenvalue weighted by Crippen LogP contribution is 2.22. The van der Waals surface area contributed by atoms with Gasteiger partial charge in [-0.25, -0.2) is 4.39 Å². The van der Waals surface area contributed by atoms with Crippen LogP contribution in [0.4, 0.5) is 4.39 Å². The van der Waals surface area contributed by atoms with Crippen molar-refractivity contribution < 1.29 is 4.39 Å². The first-order valence-electron chi connectivity index (χ1n) is 6.50. The fraction of sp³-hybridized carbons (Fsp3) is 0.571. The van der Waals surface area contributed by atoms with Crippen LogP contribution in [0.15, 0.2) is 18.2 Å². The van der Waals surface area contributed by atoms with E-state index in [1.807, 2.05) is 19.2 Å². The second kappa shape index (κ2) is 6.50. The number of hydrogen-bond donors (Lipinski definition) is 1. The Labute approximate surface area is 113 Å². The lowest BCUT2D eigenvalue weighted by Gasteiger charge is -2.32. The Morgan fingerprint density at radius 3 is 2.78 bits per heavy atom. The Morgan fingerprint density at radius 1 is 1.39 bits per heavy atom. The maximum Gasteiger partial charge on any atom is 0.146 e. The summed E-state index contributed by atoms with van der Waals surface area (Å²) in [7, 11) is 1.99. The Kier molecular flexibility index (Phi) is 4.98. The molecule has 1 aliphatic heterocycles. The average Bonchev–Trinajstić information content (AvgIpc) is 2.38. The molecular formula is C14H20ClFN2. The molecule has 1 heterocycles. The van der Waals surface area contributed by atoms with Crippen molar-refractivity contribution in [1.29, 1.82) is 0 Å². The fourth-order valence-electron chi connectivity index (χ4n) is 2.55. The quantitative estimate of drug-likeness (QED) is 0.905. The van der Waals surface area contributed by atoms with Crippen molar-refractivity contribution in [3.8, 4) is 0 Å². The zero-order chi connectivity index (χ0) is 13.0. The Morgan fingerprint density at radius 2 is 2.11 bits per heavy atom. The first kappa shape index (κ1) is 13.8. The molecule has 0 bridgehead atoms. The zero-order valence-corrected chi connectivity index (χ0v) is 11.5. The lowest BCUT2D eigenvalue weighted by molar-refractivity contribution is 0.175. The van der Waals surface area contributed by atoms with Crippen LogP contribution in [0.3, 0.4) is 0 Å². The highest BCUT2D eigenvalue weighted by molar-refractivity contribution is 6.30. The summed E-state index contributed by atoms with van der Waals surface area (Å²) in [6.45, 7) is 3.83. The SMILES string of the molecule is CNCC1CCN(Cc2cccc(Cl)c2F)CC1. The third-order valence-corrected chi connectivity index (χ3v) is 3.92. The summed E-state index contributed by atoms with van der Waals surface area (Å²) in [4.78, 5) is 2.31. The van der Waals surface area contributed by atoms with Crippen LogP contribution in [0.25, 0.3) is 0 Å². The summed E-state index contributed by atoms with van der Waals surface area (Å²) < 4.78 is 13.8. The van der Waals surface area contributed by atoms with Crippen molar-refractivity contribution in [2.45, 2.75) is 19.4 Å². The molecule has 1 N–H and O–H groups in total. The molecule has 18 heavy (non-hydrogen) atoms. The van der Waals surface area contributed by atoms with Gasteiger partial charge in [-0.1, -0.05) is 23.7 Å². The number of nitrogens with zero attached hydrogens (tertiary/aromatic N) is 1. The van der Waals surface area contributed by atoms with Crippen LogP contribution < -0.4 is 5.32 Å². The number of piperidine rings is 1. The number of benzene rings is 1. The van der Waals surface area contributed by atoms with Gasteiger partial charge in [-0.15, -0.1) is 0 Å². The standard InChI is InChI=1S/C14H20ClFN2/c1-17-9-11-5-7-18(8-6-11)10-12-3-2-4-13(15)14(12)16/h2-4,11,17H,5-10H2,1H3. The number of hydrogen-bond acceptors (Lipinski definition) is 2. The summed E-state index contributed by atoms with van der Waals surface area (Å²) in [5.74, 6) is 0.493. The van der Waals surface area contributed by atoms with E-state index in [1.54, 1.807) is 6.07 Å². The minimum atomic E-state index is -0.267. The molecule has 4 heteroatoms. The van der Waals surface area contributed by atoms with E-state index in [2.05, 4.69) is 10.2 Å². The maximum atomic E-state index is 13.8. The van der Waals surface area contributed by atoms with E-state index in [1.165, 1.54) is 12.8 Å². The third kappa shape index (κ3) is 3.44. The van der Waals surface area contributed by atoms with Crippen molar-refractivity contribution in [3.05, 3.63) is 34.6 Å². The number of nitrogens with one attached hydrogen (secondary N) is 1. The third-order valence-electron chi connectivity index (χ3n) is 3.63. The monoisotopic (exact) mass is 270 g/mol. The summed E-state index contributed by atoms with van der Waals surface area (Å²) in [6.07, 6.45) is 2.37. The average molecular weight is 271 g/mol. The molecule has 1 saturated heterocycles. The van der Waals surface area contributed by atoms with Gasteiger partial charge in [-0.2, -0.15) is 0 Å². The van der Waals surface area contributed by atoms with Crippen LogP contribution in [-0.4, -0.2) is 31.6 Å². The molecule has 0 aromatic heterocycles. The Bertz CT molecular complexity index is 389. The molecular weight excluding hydrogens is 251 g/mol. The minimum absolute atomic E-state index is 0.220. The zero-order valence-electron chi connectivity index (χ0n) is 10.8. The van der Waals surface area contributed by atoms with Gasteiger partial charge in [0.2, 0.25) is 0 Å². The van der Waals surface area contributed by atoms with Crippen LogP contribution in [0, 0.1) is 11.7 Å². The highest BCUT2D eigenvalue weighted by Gasteiger charge is 2.19. The van der Waals surface area contributed by atoms with E-state index < -0.39 is 0 Å². The van der Waals surface area contributed by atoms with Crippen LogP contribution in [0.2, 0.25) is 5.02 Å². The molecule has 1 aliphatic rings. The Balaban J connectivity index is 1.90. The van der Waals surface area contributed by atoms with E-state index in [0.29, 0.717) is 12.1 Å². The molecule has 0 atom stereocenters. The number of likely N-dealkylation sites (tertiary alicyclic amines) is 1. The van der Waals surface area contributed by atoms with Crippen molar-refractivity contribution in [2.75, 3.05) is 26.7 Å². The predicted octanol–water partition coefficient (Wildman–Crippen LogP) is 2.91. The summed E-state index contributed by atoms with van der Waals surface area (Å²) in [6, 6.07) is 5.23. The Hall–Kier alpha value is -0.640. The smallest absolute Gasteiger partial charge is 0.146 e. The van der Waals surface area contributed by atoms with E-state index >= 15 is 0 Å². The van der Waals surface area contributed by atoms with Gasteiger partial charge in [0.15, 0.2) is 0 Å². The van der Waals surface area contributed by atoms with Gasteiger partial charge in [0.1, 0.15) is 5.82 Å². The maximum absolute atomic E-state index is 13.8. The fourth-order valence-corrected chi connectivity index (χ4v) is 2.74. The van der Waals surface area contributed by atoms with Crippen molar-refractivity contribution in [2.24, 2.45) is 5.92 Å². The molecule has 1 fully saturated rings. The van der Waals surface area contributed by atoms with E-state index in [0.717, 1.165) is 25.6 Å². The van der Waals surface area contributed by atoms with Gasteiger partial charge in [0.05, 0.1) is 5.02 Å². The van der Waals surface area contributed by atoms with Crippen LogP contribution in [-0.2, 0) is 6.54 Å². The summed E-state index contributed by atoms with van der Waals surface area (Å²) in [5, 5.41) is 3.44. The summed E-state index contributed by atoms with van der Waals surface area (Å²) in [5.41, 5.74) is 0.703. The van der Waals surface area contributed by atoms with Gasteiger partial charge in [0.25, 0.3) is 0 Å². The van der Waals surface area contributed by atoms with E-state index in [-0.39, 0.29) is 10.8 Å². The first-order valence-corrected chi connectivity index (χ1v) is 6.88. The highest BCUT2D eigenvalue weighted by atomic mass is 35.5. The second-order valence-electron chi connectivity index (χ2n) is 4.99. The number of halogens is 2. The molecule has 1 aromatic carbocycles. The normalized spacial score (nSPS) is 18.2. The topological polar surface area (TPSA) is 15.3 Å². The summed E-state index contributed by atoms with van der Waals surface area (Å²) >= 11 is 5.79. The molecule has 2 nitrogen and oxygen atoms in total. The lowest BCUT2D eigenvalue weighted by atomic mass is 9.96. The first-order chi connectivity index (χ1) is 8.70. The molecule has 2 rings (SSSR count). The molecule has 0 aliphatic carbocycles.